The zero-order chi connectivity index (χ0) is 11.1. The number of nitrogens with zero attached hydrogens (tertiary/aromatic N) is 3. The zero-order valence-electron chi connectivity index (χ0n) is 8.88. The van der Waals surface area contributed by atoms with Gasteiger partial charge in [0, 0.05) is 25.1 Å². The van der Waals surface area contributed by atoms with Crippen molar-refractivity contribution in [3.8, 4) is 0 Å². The van der Waals surface area contributed by atoms with Crippen LogP contribution in [0, 0.1) is 11.8 Å². The Morgan fingerprint density at radius 1 is 1.31 bits per heavy atom. The zero-order valence-corrected chi connectivity index (χ0v) is 10.5. The second-order valence-electron chi connectivity index (χ2n) is 4.67. The van der Waals surface area contributed by atoms with Crippen LogP contribution < -0.4 is 4.90 Å². The van der Waals surface area contributed by atoms with E-state index in [2.05, 4.69) is 30.8 Å². The number of aliphatic hydroxyl groups is 1. The van der Waals surface area contributed by atoms with Crippen molar-refractivity contribution in [1.29, 1.82) is 0 Å². The Balaban J connectivity index is 1.79. The Morgan fingerprint density at radius 2 is 2.19 bits per heavy atom. The number of hydrogen-bond acceptors (Lipinski definition) is 4. The lowest BCUT2D eigenvalue weighted by molar-refractivity contribution is 0.133. The summed E-state index contributed by atoms with van der Waals surface area (Å²) >= 11 is 3.36. The first-order valence-electron chi connectivity index (χ1n) is 5.64. The molecule has 2 fully saturated rings. The molecule has 1 aromatic rings. The van der Waals surface area contributed by atoms with E-state index in [-0.39, 0.29) is 6.10 Å². The van der Waals surface area contributed by atoms with Crippen LogP contribution in [0.1, 0.15) is 12.8 Å². The maximum atomic E-state index is 9.85. The molecule has 16 heavy (non-hydrogen) atoms. The van der Waals surface area contributed by atoms with E-state index in [1.54, 1.807) is 6.33 Å². The van der Waals surface area contributed by atoms with Crippen molar-refractivity contribution in [2.75, 3.05) is 18.0 Å². The van der Waals surface area contributed by atoms with E-state index in [0.717, 1.165) is 36.4 Å². The van der Waals surface area contributed by atoms with Crippen LogP contribution in [-0.2, 0) is 0 Å². The van der Waals surface area contributed by atoms with Crippen molar-refractivity contribution >= 4 is 21.7 Å². The number of anilines is 1. The summed E-state index contributed by atoms with van der Waals surface area (Å²) in [6, 6.07) is 1.94. The first-order valence-corrected chi connectivity index (χ1v) is 6.44. The molecule has 0 amide bonds. The fourth-order valence-electron chi connectivity index (χ4n) is 2.92. The van der Waals surface area contributed by atoms with Gasteiger partial charge in [0.25, 0.3) is 0 Å². The van der Waals surface area contributed by atoms with E-state index in [4.69, 9.17) is 0 Å². The number of aromatic nitrogens is 2. The second-order valence-corrected chi connectivity index (χ2v) is 5.49. The normalized spacial score (nSPS) is 33.1. The first kappa shape index (κ1) is 10.5. The Hall–Kier alpha value is -0.680. The van der Waals surface area contributed by atoms with Crippen molar-refractivity contribution in [2.45, 2.75) is 18.9 Å². The van der Waals surface area contributed by atoms with Gasteiger partial charge in [0.1, 0.15) is 16.7 Å². The highest BCUT2D eigenvalue weighted by Crippen LogP contribution is 2.39. The molecule has 3 atom stereocenters. The Bertz CT molecular complexity index is 401. The van der Waals surface area contributed by atoms with Crippen LogP contribution in [0.15, 0.2) is 17.0 Å². The molecule has 2 heterocycles. The summed E-state index contributed by atoms with van der Waals surface area (Å²) in [5.41, 5.74) is 0. The summed E-state index contributed by atoms with van der Waals surface area (Å²) in [7, 11) is 0. The average molecular weight is 284 g/mol. The van der Waals surface area contributed by atoms with Crippen LogP contribution in [0.2, 0.25) is 0 Å². The smallest absolute Gasteiger partial charge is 0.133 e. The monoisotopic (exact) mass is 283 g/mol. The van der Waals surface area contributed by atoms with Crippen LogP contribution in [0.3, 0.4) is 0 Å². The minimum atomic E-state index is -0.111. The quantitative estimate of drug-likeness (QED) is 0.793. The fraction of sp³-hybridized carbons (Fsp3) is 0.636. The van der Waals surface area contributed by atoms with Gasteiger partial charge in [-0.15, -0.1) is 0 Å². The van der Waals surface area contributed by atoms with Gasteiger partial charge in [0.05, 0.1) is 6.10 Å². The van der Waals surface area contributed by atoms with Crippen LogP contribution in [0.5, 0.6) is 0 Å². The highest BCUT2D eigenvalue weighted by molar-refractivity contribution is 9.10. The molecule has 5 heteroatoms. The lowest BCUT2D eigenvalue weighted by Crippen LogP contribution is -2.25. The number of fused-ring (bicyclic) bond motifs is 1. The maximum absolute atomic E-state index is 9.85. The number of aliphatic hydroxyl groups excluding tert-OH is 1. The Morgan fingerprint density at radius 3 is 2.94 bits per heavy atom. The molecule has 1 saturated heterocycles. The summed E-state index contributed by atoms with van der Waals surface area (Å²) < 4.78 is 0.815. The topological polar surface area (TPSA) is 49.2 Å². The van der Waals surface area contributed by atoms with Gasteiger partial charge in [-0.3, -0.25) is 0 Å². The molecule has 1 aliphatic carbocycles. The summed E-state index contributed by atoms with van der Waals surface area (Å²) in [5, 5.41) is 9.85. The molecule has 0 radical (unpaired) electrons. The molecule has 3 rings (SSSR count). The fourth-order valence-corrected chi connectivity index (χ4v) is 3.22. The third-order valence-corrected chi connectivity index (χ3v) is 4.20. The van der Waals surface area contributed by atoms with Crippen molar-refractivity contribution in [1.82, 2.24) is 9.97 Å². The number of halogens is 1. The van der Waals surface area contributed by atoms with Gasteiger partial charge in [-0.2, -0.15) is 0 Å². The molecule has 1 N–H and O–H groups in total. The molecular weight excluding hydrogens is 270 g/mol. The molecule has 86 valence electrons. The SMILES string of the molecule is OC1CCC2CN(c3cc(Br)ncn3)CC12. The number of hydrogen-bond donors (Lipinski definition) is 1. The van der Waals surface area contributed by atoms with E-state index >= 15 is 0 Å². The van der Waals surface area contributed by atoms with Gasteiger partial charge in [-0.1, -0.05) is 0 Å². The van der Waals surface area contributed by atoms with Crippen LogP contribution in [-0.4, -0.2) is 34.3 Å². The summed E-state index contributed by atoms with van der Waals surface area (Å²) in [5.74, 6) is 2.04. The van der Waals surface area contributed by atoms with Crippen molar-refractivity contribution in [2.24, 2.45) is 11.8 Å². The first-order chi connectivity index (χ1) is 7.74. The maximum Gasteiger partial charge on any atom is 0.133 e. The number of rotatable bonds is 1. The lowest BCUT2D eigenvalue weighted by atomic mass is 10.00. The largest absolute Gasteiger partial charge is 0.393 e. The highest BCUT2D eigenvalue weighted by atomic mass is 79.9. The summed E-state index contributed by atoms with van der Waals surface area (Å²) in [6.07, 6.45) is 3.58. The van der Waals surface area contributed by atoms with Gasteiger partial charge >= 0.3 is 0 Å². The molecule has 2 aliphatic rings. The molecule has 4 nitrogen and oxygen atoms in total. The van der Waals surface area contributed by atoms with E-state index in [1.165, 1.54) is 0 Å². The van der Waals surface area contributed by atoms with Gasteiger partial charge in [-0.05, 0) is 34.7 Å². The van der Waals surface area contributed by atoms with Gasteiger partial charge in [0.2, 0.25) is 0 Å². The van der Waals surface area contributed by atoms with E-state index < -0.39 is 0 Å². The Labute approximate surface area is 103 Å². The molecule has 0 bridgehead atoms. The van der Waals surface area contributed by atoms with Crippen molar-refractivity contribution < 1.29 is 5.11 Å². The van der Waals surface area contributed by atoms with Crippen LogP contribution in [0.4, 0.5) is 5.82 Å². The molecular formula is C11H14BrN3O. The van der Waals surface area contributed by atoms with E-state index in [9.17, 15) is 5.11 Å². The Kier molecular flexibility index (Phi) is 2.59. The van der Waals surface area contributed by atoms with Crippen molar-refractivity contribution in [3.63, 3.8) is 0 Å². The van der Waals surface area contributed by atoms with Crippen molar-refractivity contribution in [3.05, 3.63) is 17.0 Å². The predicted octanol–water partition coefficient (Wildman–Crippen LogP) is 1.45. The van der Waals surface area contributed by atoms with E-state index in [0.29, 0.717) is 11.8 Å². The molecule has 0 aromatic carbocycles. The van der Waals surface area contributed by atoms with Crippen LogP contribution in [0.25, 0.3) is 0 Å². The van der Waals surface area contributed by atoms with E-state index in [1.807, 2.05) is 6.07 Å². The molecule has 3 unspecified atom stereocenters. The minimum absolute atomic E-state index is 0.111. The predicted molar refractivity (Wildman–Crippen MR) is 64.2 cm³/mol. The van der Waals surface area contributed by atoms with Crippen LogP contribution >= 0.6 is 15.9 Å². The average Bonchev–Trinajstić information content (AvgIpc) is 2.81. The molecule has 1 aliphatic heterocycles. The minimum Gasteiger partial charge on any atom is -0.393 e. The molecule has 1 aromatic heterocycles. The molecule has 1 saturated carbocycles. The lowest BCUT2D eigenvalue weighted by Gasteiger charge is -2.19. The third-order valence-electron chi connectivity index (χ3n) is 3.76. The van der Waals surface area contributed by atoms with Gasteiger partial charge in [0.15, 0.2) is 0 Å². The summed E-state index contributed by atoms with van der Waals surface area (Å²) in [6.45, 7) is 1.94. The van der Waals surface area contributed by atoms with Gasteiger partial charge in [-0.25, -0.2) is 9.97 Å². The summed E-state index contributed by atoms with van der Waals surface area (Å²) in [4.78, 5) is 10.6. The second kappa shape index (κ2) is 3.96. The van der Waals surface area contributed by atoms with Gasteiger partial charge < -0.3 is 10.0 Å². The third kappa shape index (κ3) is 1.72. The molecule has 0 spiro atoms. The highest BCUT2D eigenvalue weighted by Gasteiger charge is 2.42. The standard InChI is InChI=1S/C11H14BrN3O/c12-10-3-11(14-6-13-10)15-4-7-1-2-9(16)8(7)5-15/h3,6-9,16H,1-2,4-5H2.